The number of carbonyl (C=O) groups excluding carboxylic acids is 1. The van der Waals surface area contributed by atoms with Crippen LogP contribution in [0.2, 0.25) is 0 Å². The minimum Gasteiger partial charge on any atom is -0.494 e. The Hall–Kier alpha value is -1.55. The Morgan fingerprint density at radius 2 is 1.83 bits per heavy atom. The molecular formula is C14H20O4. The van der Waals surface area contributed by atoms with E-state index in [4.69, 9.17) is 9.47 Å². The number of rotatable bonds is 8. The lowest BCUT2D eigenvalue weighted by atomic mass is 10.1. The summed E-state index contributed by atoms with van der Waals surface area (Å²) in [6.07, 6.45) is 1.96. The molecule has 0 atom stereocenters. The second kappa shape index (κ2) is 8.53. The van der Waals surface area contributed by atoms with Crippen LogP contribution in [0.4, 0.5) is 0 Å². The van der Waals surface area contributed by atoms with Gasteiger partial charge in [-0.3, -0.25) is 4.79 Å². The Balaban J connectivity index is 2.24. The van der Waals surface area contributed by atoms with E-state index in [1.165, 1.54) is 12.7 Å². The minimum absolute atomic E-state index is 0.200. The molecule has 0 radical (unpaired) electrons. The second-order valence-corrected chi connectivity index (χ2v) is 3.91. The quantitative estimate of drug-likeness (QED) is 0.525. The molecule has 18 heavy (non-hydrogen) atoms. The van der Waals surface area contributed by atoms with Crippen molar-refractivity contribution < 1.29 is 19.0 Å². The first kappa shape index (κ1) is 14.5. The standard InChI is InChI=1S/C14H20O4/c1-16-11-9-12-5-7-13(8-6-12)18-10-3-4-14(15)17-2/h5-8H,3-4,9-11H2,1-2H3. The summed E-state index contributed by atoms with van der Waals surface area (Å²) in [5, 5.41) is 0. The lowest BCUT2D eigenvalue weighted by Gasteiger charge is -2.06. The molecule has 0 saturated carbocycles. The van der Waals surface area contributed by atoms with Crippen molar-refractivity contribution in [3.05, 3.63) is 29.8 Å². The van der Waals surface area contributed by atoms with Gasteiger partial charge in [-0.15, -0.1) is 0 Å². The summed E-state index contributed by atoms with van der Waals surface area (Å²) in [6.45, 7) is 1.24. The van der Waals surface area contributed by atoms with Crippen LogP contribution in [0, 0.1) is 0 Å². The number of hydrogen-bond donors (Lipinski definition) is 0. The third kappa shape index (κ3) is 5.68. The Labute approximate surface area is 108 Å². The maximum Gasteiger partial charge on any atom is 0.305 e. The maximum absolute atomic E-state index is 10.9. The molecule has 0 aliphatic rings. The summed E-state index contributed by atoms with van der Waals surface area (Å²) in [4.78, 5) is 10.9. The molecule has 0 aliphatic carbocycles. The highest BCUT2D eigenvalue weighted by Crippen LogP contribution is 2.13. The smallest absolute Gasteiger partial charge is 0.305 e. The fourth-order valence-electron chi connectivity index (χ4n) is 1.48. The molecule has 0 aliphatic heterocycles. The summed E-state index contributed by atoms with van der Waals surface area (Å²) in [6, 6.07) is 7.91. The van der Waals surface area contributed by atoms with E-state index >= 15 is 0 Å². The van der Waals surface area contributed by atoms with Gasteiger partial charge in [0.25, 0.3) is 0 Å². The average Bonchev–Trinajstić information content (AvgIpc) is 2.42. The van der Waals surface area contributed by atoms with Crippen LogP contribution < -0.4 is 4.74 Å². The van der Waals surface area contributed by atoms with Crippen LogP contribution in [0.15, 0.2) is 24.3 Å². The van der Waals surface area contributed by atoms with E-state index in [1.807, 2.05) is 24.3 Å². The third-order valence-corrected chi connectivity index (χ3v) is 2.54. The first-order chi connectivity index (χ1) is 8.76. The van der Waals surface area contributed by atoms with Crippen molar-refractivity contribution in [3.8, 4) is 5.75 Å². The summed E-state index contributed by atoms with van der Waals surface area (Å²) >= 11 is 0. The van der Waals surface area contributed by atoms with E-state index in [0.29, 0.717) is 19.4 Å². The topological polar surface area (TPSA) is 44.8 Å². The molecule has 0 heterocycles. The second-order valence-electron chi connectivity index (χ2n) is 3.91. The summed E-state index contributed by atoms with van der Waals surface area (Å²) in [5.74, 6) is 0.620. The fraction of sp³-hybridized carbons (Fsp3) is 0.500. The van der Waals surface area contributed by atoms with Gasteiger partial charge in [0.05, 0.1) is 20.3 Å². The lowest BCUT2D eigenvalue weighted by Crippen LogP contribution is -2.04. The van der Waals surface area contributed by atoms with Gasteiger partial charge >= 0.3 is 5.97 Å². The van der Waals surface area contributed by atoms with Gasteiger partial charge in [0, 0.05) is 13.5 Å². The molecule has 0 spiro atoms. The number of ether oxygens (including phenoxy) is 3. The molecule has 4 heteroatoms. The first-order valence-corrected chi connectivity index (χ1v) is 6.03. The predicted octanol–water partition coefficient (Wildman–Crippen LogP) is 2.21. The van der Waals surface area contributed by atoms with Crippen molar-refractivity contribution in [2.45, 2.75) is 19.3 Å². The van der Waals surface area contributed by atoms with Crippen molar-refractivity contribution in [2.24, 2.45) is 0 Å². The fourth-order valence-corrected chi connectivity index (χ4v) is 1.48. The average molecular weight is 252 g/mol. The number of methoxy groups -OCH3 is 2. The van der Waals surface area contributed by atoms with Crippen LogP contribution in [0.1, 0.15) is 18.4 Å². The normalized spacial score (nSPS) is 10.1. The molecule has 0 aromatic heterocycles. The van der Waals surface area contributed by atoms with Gasteiger partial charge in [-0.2, -0.15) is 0 Å². The highest BCUT2D eigenvalue weighted by atomic mass is 16.5. The zero-order valence-electron chi connectivity index (χ0n) is 11.0. The number of hydrogen-bond acceptors (Lipinski definition) is 4. The molecule has 0 unspecified atom stereocenters. The van der Waals surface area contributed by atoms with Crippen LogP contribution in [0.3, 0.4) is 0 Å². The molecular weight excluding hydrogens is 232 g/mol. The Morgan fingerprint density at radius 1 is 1.11 bits per heavy atom. The van der Waals surface area contributed by atoms with Crippen molar-refractivity contribution in [1.82, 2.24) is 0 Å². The zero-order valence-corrected chi connectivity index (χ0v) is 11.0. The van der Waals surface area contributed by atoms with E-state index in [2.05, 4.69) is 4.74 Å². The highest BCUT2D eigenvalue weighted by Gasteiger charge is 2.00. The van der Waals surface area contributed by atoms with E-state index in [1.54, 1.807) is 7.11 Å². The lowest BCUT2D eigenvalue weighted by molar-refractivity contribution is -0.140. The Morgan fingerprint density at radius 3 is 2.44 bits per heavy atom. The largest absolute Gasteiger partial charge is 0.494 e. The van der Waals surface area contributed by atoms with Crippen molar-refractivity contribution >= 4 is 5.97 Å². The summed E-state index contributed by atoms with van der Waals surface area (Å²) in [7, 11) is 3.08. The van der Waals surface area contributed by atoms with Gasteiger partial charge in [-0.05, 0) is 30.5 Å². The molecule has 100 valence electrons. The van der Waals surface area contributed by atoms with E-state index in [9.17, 15) is 4.79 Å². The van der Waals surface area contributed by atoms with Crippen LogP contribution >= 0.6 is 0 Å². The zero-order chi connectivity index (χ0) is 13.2. The van der Waals surface area contributed by atoms with E-state index in [0.717, 1.165) is 18.8 Å². The van der Waals surface area contributed by atoms with Gasteiger partial charge in [0.1, 0.15) is 5.75 Å². The predicted molar refractivity (Wildman–Crippen MR) is 68.8 cm³/mol. The van der Waals surface area contributed by atoms with Crippen molar-refractivity contribution in [2.75, 3.05) is 27.4 Å². The van der Waals surface area contributed by atoms with Gasteiger partial charge in [-0.25, -0.2) is 0 Å². The minimum atomic E-state index is -0.200. The van der Waals surface area contributed by atoms with Crippen molar-refractivity contribution in [1.29, 1.82) is 0 Å². The molecule has 0 saturated heterocycles. The molecule has 0 bridgehead atoms. The number of esters is 1. The van der Waals surface area contributed by atoms with Gasteiger partial charge in [-0.1, -0.05) is 12.1 Å². The highest BCUT2D eigenvalue weighted by molar-refractivity contribution is 5.69. The van der Waals surface area contributed by atoms with Crippen LogP contribution in [-0.4, -0.2) is 33.4 Å². The van der Waals surface area contributed by atoms with E-state index < -0.39 is 0 Å². The van der Waals surface area contributed by atoms with Gasteiger partial charge in [0.2, 0.25) is 0 Å². The van der Waals surface area contributed by atoms with E-state index in [-0.39, 0.29) is 5.97 Å². The Kier molecular flexibility index (Phi) is 6.87. The SMILES string of the molecule is COCCc1ccc(OCCCC(=O)OC)cc1. The molecule has 4 nitrogen and oxygen atoms in total. The Bertz CT molecular complexity index is 345. The molecule has 1 aromatic carbocycles. The summed E-state index contributed by atoms with van der Waals surface area (Å²) in [5.41, 5.74) is 1.22. The third-order valence-electron chi connectivity index (χ3n) is 2.54. The summed E-state index contributed by atoms with van der Waals surface area (Å²) < 4.78 is 15.1. The van der Waals surface area contributed by atoms with Gasteiger partial charge < -0.3 is 14.2 Å². The number of benzene rings is 1. The van der Waals surface area contributed by atoms with Crippen LogP contribution in [0.5, 0.6) is 5.75 Å². The molecule has 1 aromatic rings. The monoisotopic (exact) mass is 252 g/mol. The van der Waals surface area contributed by atoms with Crippen LogP contribution in [0.25, 0.3) is 0 Å². The molecule has 1 rings (SSSR count). The maximum atomic E-state index is 10.9. The molecule has 0 N–H and O–H groups in total. The van der Waals surface area contributed by atoms with Crippen LogP contribution in [-0.2, 0) is 20.7 Å². The molecule has 0 amide bonds. The first-order valence-electron chi connectivity index (χ1n) is 6.03. The van der Waals surface area contributed by atoms with Crippen molar-refractivity contribution in [3.63, 3.8) is 0 Å². The van der Waals surface area contributed by atoms with Gasteiger partial charge in [0.15, 0.2) is 0 Å². The number of carbonyl (C=O) groups is 1. The molecule has 0 fully saturated rings.